The van der Waals surface area contributed by atoms with Crippen molar-refractivity contribution in [3.8, 4) is 0 Å². The number of hydrogen-bond acceptors (Lipinski definition) is 2. The van der Waals surface area contributed by atoms with Crippen molar-refractivity contribution >= 4 is 0 Å². The normalized spacial score (nSPS) is 30.0. The second kappa shape index (κ2) is 4.83. The van der Waals surface area contributed by atoms with Crippen molar-refractivity contribution in [2.24, 2.45) is 11.8 Å². The van der Waals surface area contributed by atoms with E-state index in [2.05, 4.69) is 31.1 Å². The maximum Gasteiger partial charge on any atom is 0.00218 e. The summed E-state index contributed by atoms with van der Waals surface area (Å²) in [6.45, 7) is 9.53. The predicted molar refractivity (Wildman–Crippen MR) is 53.3 cm³/mol. The van der Waals surface area contributed by atoms with Gasteiger partial charge in [-0.05, 0) is 44.9 Å². The predicted octanol–water partition coefficient (Wildman–Crippen LogP) is 1.18. The molecule has 1 heterocycles. The van der Waals surface area contributed by atoms with E-state index in [1.54, 1.807) is 0 Å². The van der Waals surface area contributed by atoms with Crippen LogP contribution in [-0.2, 0) is 0 Å². The smallest absolute Gasteiger partial charge is 0.00218 e. The SMILES string of the molecule is CCCN(C)CC1CNCC1C. The molecule has 0 aliphatic carbocycles. The average molecular weight is 170 g/mol. The average Bonchev–Trinajstić information content (AvgIpc) is 2.37. The van der Waals surface area contributed by atoms with Crippen LogP contribution in [-0.4, -0.2) is 38.1 Å². The molecule has 1 saturated heterocycles. The zero-order valence-corrected chi connectivity index (χ0v) is 8.64. The van der Waals surface area contributed by atoms with Gasteiger partial charge in [-0.1, -0.05) is 13.8 Å². The van der Waals surface area contributed by atoms with E-state index in [0.717, 1.165) is 11.8 Å². The highest BCUT2D eigenvalue weighted by atomic mass is 15.1. The molecule has 0 radical (unpaired) electrons. The quantitative estimate of drug-likeness (QED) is 0.681. The Morgan fingerprint density at radius 2 is 2.17 bits per heavy atom. The summed E-state index contributed by atoms with van der Waals surface area (Å²) in [4.78, 5) is 2.45. The van der Waals surface area contributed by atoms with E-state index >= 15 is 0 Å². The summed E-state index contributed by atoms with van der Waals surface area (Å²) in [5, 5.41) is 3.44. The zero-order valence-electron chi connectivity index (χ0n) is 8.64. The van der Waals surface area contributed by atoms with E-state index in [9.17, 15) is 0 Å². The van der Waals surface area contributed by atoms with Gasteiger partial charge in [0, 0.05) is 6.54 Å². The Bertz CT molecular complexity index is 125. The molecule has 1 aliphatic heterocycles. The summed E-state index contributed by atoms with van der Waals surface area (Å²) in [5.74, 6) is 1.74. The number of hydrogen-bond donors (Lipinski definition) is 1. The molecule has 2 unspecified atom stereocenters. The van der Waals surface area contributed by atoms with Crippen molar-refractivity contribution < 1.29 is 0 Å². The Labute approximate surface area is 76.3 Å². The summed E-state index contributed by atoms with van der Waals surface area (Å²) in [6.07, 6.45) is 1.27. The fourth-order valence-electron chi connectivity index (χ4n) is 1.98. The molecule has 0 saturated carbocycles. The Morgan fingerprint density at radius 3 is 2.67 bits per heavy atom. The third kappa shape index (κ3) is 2.76. The van der Waals surface area contributed by atoms with E-state index in [4.69, 9.17) is 0 Å². The lowest BCUT2D eigenvalue weighted by Crippen LogP contribution is -2.29. The van der Waals surface area contributed by atoms with Gasteiger partial charge in [-0.25, -0.2) is 0 Å². The summed E-state index contributed by atoms with van der Waals surface area (Å²) in [6, 6.07) is 0. The lowest BCUT2D eigenvalue weighted by atomic mass is 9.98. The molecule has 1 aliphatic rings. The Hall–Kier alpha value is -0.0800. The van der Waals surface area contributed by atoms with Gasteiger partial charge in [-0.15, -0.1) is 0 Å². The zero-order chi connectivity index (χ0) is 8.97. The largest absolute Gasteiger partial charge is 0.316 e. The van der Waals surface area contributed by atoms with Crippen molar-refractivity contribution in [3.63, 3.8) is 0 Å². The molecule has 0 amide bonds. The first-order valence-electron chi connectivity index (χ1n) is 5.13. The monoisotopic (exact) mass is 170 g/mol. The molecular weight excluding hydrogens is 148 g/mol. The molecule has 0 aromatic rings. The van der Waals surface area contributed by atoms with Gasteiger partial charge in [0.1, 0.15) is 0 Å². The highest BCUT2D eigenvalue weighted by Gasteiger charge is 2.23. The van der Waals surface area contributed by atoms with Gasteiger partial charge >= 0.3 is 0 Å². The Morgan fingerprint density at radius 1 is 1.42 bits per heavy atom. The second-order valence-electron chi connectivity index (χ2n) is 4.16. The molecule has 0 aromatic heterocycles. The highest BCUT2D eigenvalue weighted by molar-refractivity contribution is 4.79. The molecule has 0 aromatic carbocycles. The third-order valence-corrected chi connectivity index (χ3v) is 2.83. The number of nitrogens with one attached hydrogen (secondary N) is 1. The Kier molecular flexibility index (Phi) is 4.02. The molecule has 1 N–H and O–H groups in total. The summed E-state index contributed by atoms with van der Waals surface area (Å²) in [5.41, 5.74) is 0. The lowest BCUT2D eigenvalue weighted by Gasteiger charge is -2.22. The van der Waals surface area contributed by atoms with Crippen molar-refractivity contribution in [1.29, 1.82) is 0 Å². The molecule has 72 valence electrons. The van der Waals surface area contributed by atoms with Crippen LogP contribution in [0.1, 0.15) is 20.3 Å². The molecular formula is C10H22N2. The Balaban J connectivity index is 2.20. The third-order valence-electron chi connectivity index (χ3n) is 2.83. The highest BCUT2D eigenvalue weighted by Crippen LogP contribution is 2.16. The van der Waals surface area contributed by atoms with Crippen LogP contribution < -0.4 is 5.32 Å². The minimum Gasteiger partial charge on any atom is -0.316 e. The first-order chi connectivity index (χ1) is 5.74. The lowest BCUT2D eigenvalue weighted by molar-refractivity contribution is 0.259. The van der Waals surface area contributed by atoms with E-state index in [1.165, 1.54) is 32.6 Å². The second-order valence-corrected chi connectivity index (χ2v) is 4.16. The molecule has 1 rings (SSSR count). The van der Waals surface area contributed by atoms with E-state index in [1.807, 2.05) is 0 Å². The maximum atomic E-state index is 3.44. The van der Waals surface area contributed by atoms with Gasteiger partial charge in [-0.2, -0.15) is 0 Å². The molecule has 0 spiro atoms. The number of nitrogens with zero attached hydrogens (tertiary/aromatic N) is 1. The van der Waals surface area contributed by atoms with Crippen molar-refractivity contribution in [3.05, 3.63) is 0 Å². The standard InChI is InChI=1S/C10H22N2/c1-4-5-12(3)8-10-7-11-6-9(10)2/h9-11H,4-8H2,1-3H3. The van der Waals surface area contributed by atoms with Crippen LogP contribution in [0.2, 0.25) is 0 Å². The molecule has 2 heteroatoms. The first kappa shape index (κ1) is 10.0. The van der Waals surface area contributed by atoms with Gasteiger partial charge in [0.25, 0.3) is 0 Å². The summed E-state index contributed by atoms with van der Waals surface area (Å²) >= 11 is 0. The van der Waals surface area contributed by atoms with Crippen molar-refractivity contribution in [2.45, 2.75) is 20.3 Å². The molecule has 2 nitrogen and oxygen atoms in total. The van der Waals surface area contributed by atoms with Gasteiger partial charge in [0.2, 0.25) is 0 Å². The fraction of sp³-hybridized carbons (Fsp3) is 1.00. The van der Waals surface area contributed by atoms with Gasteiger partial charge in [0.15, 0.2) is 0 Å². The first-order valence-corrected chi connectivity index (χ1v) is 5.13. The topological polar surface area (TPSA) is 15.3 Å². The molecule has 12 heavy (non-hydrogen) atoms. The van der Waals surface area contributed by atoms with Crippen LogP contribution in [0.5, 0.6) is 0 Å². The van der Waals surface area contributed by atoms with Gasteiger partial charge in [0.05, 0.1) is 0 Å². The van der Waals surface area contributed by atoms with Crippen LogP contribution in [0.3, 0.4) is 0 Å². The van der Waals surface area contributed by atoms with Crippen LogP contribution in [0.25, 0.3) is 0 Å². The van der Waals surface area contributed by atoms with Gasteiger partial charge < -0.3 is 10.2 Å². The van der Waals surface area contributed by atoms with E-state index in [-0.39, 0.29) is 0 Å². The van der Waals surface area contributed by atoms with E-state index in [0.29, 0.717) is 0 Å². The number of rotatable bonds is 4. The molecule has 2 atom stereocenters. The fourth-order valence-corrected chi connectivity index (χ4v) is 1.98. The minimum atomic E-state index is 0.865. The van der Waals surface area contributed by atoms with Gasteiger partial charge in [-0.3, -0.25) is 0 Å². The van der Waals surface area contributed by atoms with Crippen molar-refractivity contribution in [2.75, 3.05) is 33.2 Å². The van der Waals surface area contributed by atoms with Crippen LogP contribution in [0, 0.1) is 11.8 Å². The molecule has 1 fully saturated rings. The van der Waals surface area contributed by atoms with Crippen molar-refractivity contribution in [1.82, 2.24) is 10.2 Å². The van der Waals surface area contributed by atoms with Crippen LogP contribution in [0.4, 0.5) is 0 Å². The molecule has 0 bridgehead atoms. The van der Waals surface area contributed by atoms with E-state index < -0.39 is 0 Å². The minimum absolute atomic E-state index is 0.865. The van der Waals surface area contributed by atoms with Crippen LogP contribution in [0.15, 0.2) is 0 Å². The maximum absolute atomic E-state index is 3.44. The summed E-state index contributed by atoms with van der Waals surface area (Å²) in [7, 11) is 2.23. The summed E-state index contributed by atoms with van der Waals surface area (Å²) < 4.78 is 0. The van der Waals surface area contributed by atoms with Crippen LogP contribution >= 0.6 is 0 Å².